The normalized spacial score (nSPS) is 14.8. The van der Waals surface area contributed by atoms with E-state index < -0.39 is 0 Å². The highest BCUT2D eigenvalue weighted by molar-refractivity contribution is 5.25. The standard InChI is InChI=1S/C16H28N2/c1-6-13(2)11-18(5)12-16(17-4)15-9-7-8-14(3)10-15/h7-10,13,16-17H,6,11-12H2,1-5H3. The molecule has 2 unspecified atom stereocenters. The van der Waals surface area contributed by atoms with E-state index in [1.165, 1.54) is 24.1 Å². The minimum absolute atomic E-state index is 0.416. The molecule has 0 saturated heterocycles. The van der Waals surface area contributed by atoms with Gasteiger partial charge in [-0.3, -0.25) is 0 Å². The molecule has 0 aromatic heterocycles. The van der Waals surface area contributed by atoms with E-state index in [1.807, 2.05) is 7.05 Å². The first-order valence-electron chi connectivity index (χ1n) is 6.99. The number of nitrogens with zero attached hydrogens (tertiary/aromatic N) is 1. The lowest BCUT2D eigenvalue weighted by Crippen LogP contribution is -2.33. The van der Waals surface area contributed by atoms with Crippen LogP contribution in [0, 0.1) is 12.8 Å². The molecule has 0 heterocycles. The molecule has 0 saturated carbocycles. The van der Waals surface area contributed by atoms with Gasteiger partial charge < -0.3 is 10.2 Å². The highest BCUT2D eigenvalue weighted by Gasteiger charge is 2.13. The zero-order chi connectivity index (χ0) is 13.5. The van der Waals surface area contributed by atoms with Crippen LogP contribution in [0.15, 0.2) is 24.3 Å². The summed E-state index contributed by atoms with van der Waals surface area (Å²) in [5.41, 5.74) is 2.71. The Bertz CT molecular complexity index is 349. The second-order valence-electron chi connectivity index (χ2n) is 5.49. The second-order valence-corrected chi connectivity index (χ2v) is 5.49. The lowest BCUT2D eigenvalue weighted by molar-refractivity contribution is 0.256. The number of rotatable bonds is 7. The van der Waals surface area contributed by atoms with Crippen LogP contribution in [0.1, 0.15) is 37.4 Å². The van der Waals surface area contributed by atoms with Crippen LogP contribution in [0.2, 0.25) is 0 Å². The monoisotopic (exact) mass is 248 g/mol. The number of hydrogen-bond donors (Lipinski definition) is 1. The van der Waals surface area contributed by atoms with Gasteiger partial charge in [0, 0.05) is 19.1 Å². The topological polar surface area (TPSA) is 15.3 Å². The Morgan fingerprint density at radius 3 is 2.56 bits per heavy atom. The largest absolute Gasteiger partial charge is 0.312 e. The molecular formula is C16H28N2. The summed E-state index contributed by atoms with van der Waals surface area (Å²) in [4.78, 5) is 2.43. The van der Waals surface area contributed by atoms with Crippen LogP contribution in [0.5, 0.6) is 0 Å². The summed E-state index contributed by atoms with van der Waals surface area (Å²) in [5.74, 6) is 0.769. The summed E-state index contributed by atoms with van der Waals surface area (Å²) in [6, 6.07) is 9.20. The summed E-state index contributed by atoms with van der Waals surface area (Å²) in [6.45, 7) is 8.95. The zero-order valence-corrected chi connectivity index (χ0v) is 12.5. The fraction of sp³-hybridized carbons (Fsp3) is 0.625. The van der Waals surface area contributed by atoms with Gasteiger partial charge >= 0.3 is 0 Å². The highest BCUT2D eigenvalue weighted by atomic mass is 15.1. The Morgan fingerprint density at radius 1 is 1.28 bits per heavy atom. The van der Waals surface area contributed by atoms with Crippen molar-refractivity contribution in [3.05, 3.63) is 35.4 Å². The van der Waals surface area contributed by atoms with Crippen molar-refractivity contribution in [3.8, 4) is 0 Å². The molecule has 2 atom stereocenters. The number of aryl methyl sites for hydroxylation is 1. The molecule has 1 N–H and O–H groups in total. The first kappa shape index (κ1) is 15.2. The van der Waals surface area contributed by atoms with E-state index in [2.05, 4.69) is 62.3 Å². The minimum Gasteiger partial charge on any atom is -0.312 e. The third kappa shape index (κ3) is 4.79. The van der Waals surface area contributed by atoms with Crippen molar-refractivity contribution in [2.75, 3.05) is 27.2 Å². The summed E-state index contributed by atoms with van der Waals surface area (Å²) in [7, 11) is 4.26. The molecule has 0 radical (unpaired) electrons. The van der Waals surface area contributed by atoms with Gasteiger partial charge in [0.05, 0.1) is 0 Å². The molecule has 18 heavy (non-hydrogen) atoms. The average molecular weight is 248 g/mol. The van der Waals surface area contributed by atoms with Gasteiger partial charge in [-0.05, 0) is 32.5 Å². The summed E-state index contributed by atoms with van der Waals surface area (Å²) < 4.78 is 0. The summed E-state index contributed by atoms with van der Waals surface area (Å²) >= 11 is 0. The van der Waals surface area contributed by atoms with Gasteiger partial charge in [0.1, 0.15) is 0 Å². The molecule has 1 rings (SSSR count). The molecule has 2 heteroatoms. The van der Waals surface area contributed by atoms with Crippen LogP contribution in [0.3, 0.4) is 0 Å². The molecule has 0 aliphatic heterocycles. The number of nitrogens with one attached hydrogen (secondary N) is 1. The fourth-order valence-corrected chi connectivity index (χ4v) is 2.30. The zero-order valence-electron chi connectivity index (χ0n) is 12.5. The van der Waals surface area contributed by atoms with Crippen molar-refractivity contribution < 1.29 is 0 Å². The van der Waals surface area contributed by atoms with E-state index in [0.29, 0.717) is 6.04 Å². The number of hydrogen-bond acceptors (Lipinski definition) is 2. The van der Waals surface area contributed by atoms with E-state index in [4.69, 9.17) is 0 Å². The molecule has 0 fully saturated rings. The van der Waals surface area contributed by atoms with Crippen molar-refractivity contribution in [2.24, 2.45) is 5.92 Å². The van der Waals surface area contributed by atoms with Crippen LogP contribution >= 0.6 is 0 Å². The Kier molecular flexibility index (Phi) is 6.37. The molecule has 0 amide bonds. The van der Waals surface area contributed by atoms with Gasteiger partial charge in [0.2, 0.25) is 0 Å². The van der Waals surface area contributed by atoms with Crippen molar-refractivity contribution in [2.45, 2.75) is 33.2 Å². The first-order valence-corrected chi connectivity index (χ1v) is 6.99. The Hall–Kier alpha value is -0.860. The van der Waals surface area contributed by atoms with Crippen LogP contribution in [0.25, 0.3) is 0 Å². The van der Waals surface area contributed by atoms with E-state index in [9.17, 15) is 0 Å². The maximum absolute atomic E-state index is 3.43. The molecule has 102 valence electrons. The fourth-order valence-electron chi connectivity index (χ4n) is 2.30. The molecule has 2 nitrogen and oxygen atoms in total. The van der Waals surface area contributed by atoms with Gasteiger partial charge in [-0.25, -0.2) is 0 Å². The first-order chi connectivity index (χ1) is 8.56. The van der Waals surface area contributed by atoms with Gasteiger partial charge in [-0.15, -0.1) is 0 Å². The van der Waals surface area contributed by atoms with Crippen LogP contribution in [-0.2, 0) is 0 Å². The third-order valence-corrected chi connectivity index (χ3v) is 3.61. The predicted octanol–water partition coefficient (Wildman–Crippen LogP) is 3.23. The van der Waals surface area contributed by atoms with Gasteiger partial charge in [0.25, 0.3) is 0 Å². The van der Waals surface area contributed by atoms with Crippen molar-refractivity contribution in [1.82, 2.24) is 10.2 Å². The van der Waals surface area contributed by atoms with Gasteiger partial charge in [-0.1, -0.05) is 50.1 Å². The van der Waals surface area contributed by atoms with E-state index in [1.54, 1.807) is 0 Å². The van der Waals surface area contributed by atoms with Crippen molar-refractivity contribution >= 4 is 0 Å². The van der Waals surface area contributed by atoms with Crippen LogP contribution in [0.4, 0.5) is 0 Å². The molecule has 0 spiro atoms. The summed E-state index contributed by atoms with van der Waals surface area (Å²) in [5, 5.41) is 3.43. The van der Waals surface area contributed by atoms with E-state index >= 15 is 0 Å². The summed E-state index contributed by atoms with van der Waals surface area (Å²) in [6.07, 6.45) is 1.25. The third-order valence-electron chi connectivity index (χ3n) is 3.61. The highest BCUT2D eigenvalue weighted by Crippen LogP contribution is 2.16. The van der Waals surface area contributed by atoms with E-state index in [-0.39, 0.29) is 0 Å². The number of benzene rings is 1. The Morgan fingerprint density at radius 2 is 2.00 bits per heavy atom. The molecular weight excluding hydrogens is 220 g/mol. The SMILES string of the molecule is CCC(C)CN(C)CC(NC)c1cccc(C)c1. The molecule has 0 aliphatic carbocycles. The van der Waals surface area contributed by atoms with Gasteiger partial charge in [-0.2, -0.15) is 0 Å². The Labute approximate surface area is 112 Å². The lowest BCUT2D eigenvalue weighted by Gasteiger charge is -2.26. The lowest BCUT2D eigenvalue weighted by atomic mass is 10.0. The molecule has 0 aliphatic rings. The van der Waals surface area contributed by atoms with Crippen LogP contribution in [-0.4, -0.2) is 32.1 Å². The minimum atomic E-state index is 0.416. The molecule has 1 aromatic rings. The number of likely N-dealkylation sites (N-methyl/N-ethyl adjacent to an activating group) is 2. The predicted molar refractivity (Wildman–Crippen MR) is 79.9 cm³/mol. The Balaban J connectivity index is 2.61. The molecule has 1 aromatic carbocycles. The van der Waals surface area contributed by atoms with Crippen molar-refractivity contribution in [3.63, 3.8) is 0 Å². The molecule has 0 bridgehead atoms. The van der Waals surface area contributed by atoms with Crippen molar-refractivity contribution in [1.29, 1.82) is 0 Å². The van der Waals surface area contributed by atoms with Gasteiger partial charge in [0.15, 0.2) is 0 Å². The quantitative estimate of drug-likeness (QED) is 0.797. The maximum Gasteiger partial charge on any atom is 0.0446 e. The van der Waals surface area contributed by atoms with Crippen LogP contribution < -0.4 is 5.32 Å². The second kappa shape index (κ2) is 7.55. The maximum atomic E-state index is 3.43. The smallest absolute Gasteiger partial charge is 0.0446 e. The van der Waals surface area contributed by atoms with E-state index in [0.717, 1.165) is 12.5 Å². The average Bonchev–Trinajstić information content (AvgIpc) is 2.35.